The van der Waals surface area contributed by atoms with Crippen molar-refractivity contribution in [2.45, 2.75) is 31.2 Å². The summed E-state index contributed by atoms with van der Waals surface area (Å²) in [5.74, 6) is -3.76. The van der Waals surface area contributed by atoms with Crippen molar-refractivity contribution < 1.29 is 22.6 Å². The van der Waals surface area contributed by atoms with Crippen molar-refractivity contribution in [3.8, 4) is 0 Å². The normalized spacial score (nSPS) is 29.9. The lowest BCUT2D eigenvalue weighted by Gasteiger charge is -2.37. The highest BCUT2D eigenvalue weighted by atomic mass is 19.3. The number of hydrogen-bond donors (Lipinski definition) is 1. The average molecular weight is 328 g/mol. The summed E-state index contributed by atoms with van der Waals surface area (Å²) in [4.78, 5) is 3.73. The summed E-state index contributed by atoms with van der Waals surface area (Å²) in [6.45, 7) is 1.61. The Morgan fingerprint density at radius 3 is 2.87 bits per heavy atom. The van der Waals surface area contributed by atoms with Crippen LogP contribution in [0.5, 0.6) is 0 Å². The monoisotopic (exact) mass is 328 g/mol. The molecule has 1 unspecified atom stereocenters. The minimum absolute atomic E-state index is 0.162. The molecule has 23 heavy (non-hydrogen) atoms. The predicted octanol–water partition coefficient (Wildman–Crippen LogP) is 2.60. The highest BCUT2D eigenvalue weighted by Gasteiger charge is 2.56. The molecule has 0 radical (unpaired) electrons. The molecule has 4 nitrogen and oxygen atoms in total. The lowest BCUT2D eigenvalue weighted by molar-refractivity contribution is -0.117. The van der Waals surface area contributed by atoms with Gasteiger partial charge in [0.15, 0.2) is 12.1 Å². The minimum Gasteiger partial charge on any atom is -0.459 e. The topological polar surface area (TPSA) is 56.8 Å². The van der Waals surface area contributed by atoms with E-state index in [0.717, 1.165) is 12.0 Å². The third-order valence-electron chi connectivity index (χ3n) is 4.55. The molecule has 0 saturated carbocycles. The summed E-state index contributed by atoms with van der Waals surface area (Å²) in [5, 5.41) is 0. The van der Waals surface area contributed by atoms with Crippen LogP contribution in [0.4, 0.5) is 13.2 Å². The third kappa shape index (κ3) is 2.89. The number of halogens is 3. The Hall–Kier alpha value is -1.76. The molecule has 2 heterocycles. The molecule has 2 aliphatic heterocycles. The number of hydrogen-bond acceptors (Lipinski definition) is 4. The largest absolute Gasteiger partial charge is 0.459 e. The quantitative estimate of drug-likeness (QED) is 0.928. The van der Waals surface area contributed by atoms with Crippen LogP contribution < -0.4 is 5.73 Å². The Kier molecular flexibility index (Phi) is 4.00. The lowest BCUT2D eigenvalue weighted by atomic mass is 9.83. The second-order valence-corrected chi connectivity index (χ2v) is 6.26. The molecule has 3 rings (SSSR count). The standard InChI is InChI=1S/C16H19F3N2O2/c1-15(16(18,19)9-23-14(20)21-15)12-7-10(2-3-13(12)17)6-11-4-5-22-8-11/h2-3,7,11H,4-6,8-9H2,1H3,(H2,20,21)/t11?,15-/m1/s1. The van der Waals surface area contributed by atoms with E-state index in [4.69, 9.17) is 10.5 Å². The first-order valence-corrected chi connectivity index (χ1v) is 7.54. The molecular weight excluding hydrogens is 309 g/mol. The van der Waals surface area contributed by atoms with E-state index in [2.05, 4.69) is 9.73 Å². The fourth-order valence-electron chi connectivity index (χ4n) is 3.05. The summed E-state index contributed by atoms with van der Waals surface area (Å²) < 4.78 is 52.9. The molecule has 2 atom stereocenters. The van der Waals surface area contributed by atoms with E-state index in [1.165, 1.54) is 19.1 Å². The van der Waals surface area contributed by atoms with Crippen molar-refractivity contribution in [3.63, 3.8) is 0 Å². The Morgan fingerprint density at radius 1 is 1.39 bits per heavy atom. The molecule has 0 aromatic heterocycles. The second-order valence-electron chi connectivity index (χ2n) is 6.26. The number of rotatable bonds is 3. The van der Waals surface area contributed by atoms with Gasteiger partial charge in [-0.1, -0.05) is 12.1 Å². The van der Waals surface area contributed by atoms with E-state index in [1.54, 1.807) is 6.07 Å². The van der Waals surface area contributed by atoms with Gasteiger partial charge < -0.3 is 15.2 Å². The lowest BCUT2D eigenvalue weighted by Crippen LogP contribution is -2.51. The fraction of sp³-hybridized carbons (Fsp3) is 0.562. The van der Waals surface area contributed by atoms with Crippen LogP contribution in [0.15, 0.2) is 23.2 Å². The van der Waals surface area contributed by atoms with Crippen LogP contribution in [0.3, 0.4) is 0 Å². The summed E-state index contributed by atoms with van der Waals surface area (Å²) in [6.07, 6.45) is 1.57. The van der Waals surface area contributed by atoms with Crippen molar-refractivity contribution in [1.29, 1.82) is 0 Å². The molecule has 0 bridgehead atoms. The number of alkyl halides is 2. The van der Waals surface area contributed by atoms with Gasteiger partial charge in [0.25, 0.3) is 6.02 Å². The highest BCUT2D eigenvalue weighted by Crippen LogP contribution is 2.44. The van der Waals surface area contributed by atoms with E-state index in [1.807, 2.05) is 0 Å². The Balaban J connectivity index is 1.98. The maximum Gasteiger partial charge on any atom is 0.310 e. The summed E-state index contributed by atoms with van der Waals surface area (Å²) in [7, 11) is 0. The number of aliphatic imine (C=N–C) groups is 1. The van der Waals surface area contributed by atoms with E-state index in [9.17, 15) is 13.2 Å². The molecular formula is C16H19F3N2O2. The number of nitrogens with two attached hydrogens (primary N) is 1. The van der Waals surface area contributed by atoms with Gasteiger partial charge in [-0.05, 0) is 37.3 Å². The van der Waals surface area contributed by atoms with Gasteiger partial charge in [-0.3, -0.25) is 0 Å². The maximum absolute atomic E-state index is 14.4. The van der Waals surface area contributed by atoms with Gasteiger partial charge in [-0.15, -0.1) is 0 Å². The zero-order chi connectivity index (χ0) is 16.7. The van der Waals surface area contributed by atoms with Gasteiger partial charge in [0.2, 0.25) is 0 Å². The van der Waals surface area contributed by atoms with Gasteiger partial charge in [0.05, 0.1) is 0 Å². The van der Waals surface area contributed by atoms with Crippen LogP contribution in [-0.2, 0) is 21.4 Å². The SMILES string of the molecule is C[C@]1(c2cc(CC3CCOC3)ccc2F)N=C(N)OCC1(F)F. The van der Waals surface area contributed by atoms with Gasteiger partial charge in [0, 0.05) is 18.8 Å². The molecule has 7 heteroatoms. The zero-order valence-corrected chi connectivity index (χ0v) is 12.8. The van der Waals surface area contributed by atoms with Crippen LogP contribution in [0.1, 0.15) is 24.5 Å². The zero-order valence-electron chi connectivity index (χ0n) is 12.8. The Labute approximate surface area is 132 Å². The van der Waals surface area contributed by atoms with Gasteiger partial charge in [-0.2, -0.15) is 8.78 Å². The number of ether oxygens (including phenoxy) is 2. The van der Waals surface area contributed by atoms with Crippen LogP contribution in [-0.4, -0.2) is 31.8 Å². The first kappa shape index (κ1) is 16.1. The fourth-order valence-corrected chi connectivity index (χ4v) is 3.05. The molecule has 1 aromatic carbocycles. The summed E-state index contributed by atoms with van der Waals surface area (Å²) >= 11 is 0. The molecule has 2 N–H and O–H groups in total. The molecule has 2 aliphatic rings. The van der Waals surface area contributed by atoms with Crippen molar-refractivity contribution in [2.24, 2.45) is 16.6 Å². The molecule has 126 valence electrons. The van der Waals surface area contributed by atoms with Crippen LogP contribution in [0.25, 0.3) is 0 Å². The third-order valence-corrected chi connectivity index (χ3v) is 4.55. The van der Waals surface area contributed by atoms with Crippen molar-refractivity contribution >= 4 is 6.02 Å². The molecule has 1 aromatic rings. The predicted molar refractivity (Wildman–Crippen MR) is 78.9 cm³/mol. The van der Waals surface area contributed by atoms with Crippen molar-refractivity contribution in [3.05, 3.63) is 35.1 Å². The Morgan fingerprint density at radius 2 is 2.17 bits per heavy atom. The first-order valence-electron chi connectivity index (χ1n) is 7.54. The number of amidine groups is 1. The average Bonchev–Trinajstić information content (AvgIpc) is 2.99. The maximum atomic E-state index is 14.4. The van der Waals surface area contributed by atoms with Crippen molar-refractivity contribution in [2.75, 3.05) is 19.8 Å². The van der Waals surface area contributed by atoms with Crippen molar-refractivity contribution in [1.82, 2.24) is 0 Å². The van der Waals surface area contributed by atoms with Gasteiger partial charge in [0.1, 0.15) is 5.82 Å². The van der Waals surface area contributed by atoms with E-state index < -0.39 is 23.9 Å². The van der Waals surface area contributed by atoms with Crippen LogP contribution >= 0.6 is 0 Å². The smallest absolute Gasteiger partial charge is 0.310 e. The Bertz CT molecular complexity index is 630. The molecule has 0 spiro atoms. The molecule has 1 saturated heterocycles. The van der Waals surface area contributed by atoms with E-state index in [0.29, 0.717) is 25.6 Å². The first-order chi connectivity index (χ1) is 10.8. The number of benzene rings is 1. The van der Waals surface area contributed by atoms with E-state index in [-0.39, 0.29) is 11.6 Å². The second kappa shape index (κ2) is 5.70. The van der Waals surface area contributed by atoms with Crippen LogP contribution in [0.2, 0.25) is 0 Å². The minimum atomic E-state index is -3.36. The highest BCUT2D eigenvalue weighted by molar-refractivity contribution is 5.73. The molecule has 1 fully saturated rings. The summed E-state index contributed by atoms with van der Waals surface area (Å²) in [5.41, 5.74) is 3.99. The molecule has 0 amide bonds. The van der Waals surface area contributed by atoms with Gasteiger partial charge in [-0.25, -0.2) is 9.38 Å². The van der Waals surface area contributed by atoms with E-state index >= 15 is 0 Å². The molecule has 0 aliphatic carbocycles. The number of nitrogens with zero attached hydrogens (tertiary/aromatic N) is 1. The van der Waals surface area contributed by atoms with Crippen LogP contribution in [0, 0.1) is 11.7 Å². The van der Waals surface area contributed by atoms with Gasteiger partial charge >= 0.3 is 5.92 Å². The summed E-state index contributed by atoms with van der Waals surface area (Å²) in [6, 6.07) is 3.94.